The molecular weight excluding hydrogens is 228 g/mol. The van der Waals surface area contributed by atoms with Crippen molar-refractivity contribution in [3.8, 4) is 0 Å². The van der Waals surface area contributed by atoms with Gasteiger partial charge in [-0.05, 0) is 6.42 Å². The minimum atomic E-state index is -1.34. The third-order valence-electron chi connectivity index (χ3n) is 2.64. The maximum Gasteiger partial charge on any atom is 0.303 e. The number of unbranched alkanes of at least 4 members (excludes halogenated alkanes) is 1. The Morgan fingerprint density at radius 2 is 2.24 bits per heavy atom. The van der Waals surface area contributed by atoms with Gasteiger partial charge in [-0.2, -0.15) is 0 Å². The summed E-state index contributed by atoms with van der Waals surface area (Å²) < 4.78 is 15.3. The SMILES string of the molecule is CCCCOC[C@]1(OC(C)=O)CO[C@@H](O)C1O. The van der Waals surface area contributed by atoms with E-state index in [9.17, 15) is 15.0 Å². The summed E-state index contributed by atoms with van der Waals surface area (Å²) in [5.74, 6) is -0.541. The molecule has 2 N–H and O–H groups in total. The molecule has 1 aliphatic rings. The topological polar surface area (TPSA) is 85.2 Å². The number of aliphatic hydroxyl groups excluding tert-OH is 2. The van der Waals surface area contributed by atoms with Crippen LogP contribution in [0.4, 0.5) is 0 Å². The predicted octanol–water partition coefficient (Wildman–Crippen LogP) is -0.186. The zero-order valence-electron chi connectivity index (χ0n) is 10.2. The Hall–Kier alpha value is -0.690. The molecule has 0 radical (unpaired) electrons. The van der Waals surface area contributed by atoms with Crippen LogP contribution in [0.25, 0.3) is 0 Å². The van der Waals surface area contributed by atoms with Crippen molar-refractivity contribution in [2.75, 3.05) is 19.8 Å². The number of carbonyl (C=O) groups is 1. The molecule has 17 heavy (non-hydrogen) atoms. The van der Waals surface area contributed by atoms with Gasteiger partial charge in [-0.25, -0.2) is 0 Å². The molecule has 1 aliphatic heterocycles. The summed E-state index contributed by atoms with van der Waals surface area (Å²) in [6, 6.07) is 0. The number of rotatable bonds is 6. The Balaban J connectivity index is 2.57. The summed E-state index contributed by atoms with van der Waals surface area (Å²) in [6.07, 6.45) is -0.755. The molecular formula is C11H20O6. The fraction of sp³-hybridized carbons (Fsp3) is 0.909. The van der Waals surface area contributed by atoms with Crippen LogP contribution in [-0.4, -0.2) is 54.0 Å². The van der Waals surface area contributed by atoms with Crippen molar-refractivity contribution < 1.29 is 29.2 Å². The molecule has 0 amide bonds. The zero-order chi connectivity index (χ0) is 12.9. The highest BCUT2D eigenvalue weighted by atomic mass is 16.7. The molecule has 100 valence electrons. The highest BCUT2D eigenvalue weighted by molar-refractivity contribution is 5.66. The molecule has 0 bridgehead atoms. The molecule has 0 spiro atoms. The van der Waals surface area contributed by atoms with E-state index in [1.807, 2.05) is 6.92 Å². The molecule has 1 saturated heterocycles. The summed E-state index contributed by atoms with van der Waals surface area (Å²) in [5, 5.41) is 19.1. The monoisotopic (exact) mass is 248 g/mol. The van der Waals surface area contributed by atoms with E-state index in [0.29, 0.717) is 6.61 Å². The molecule has 1 heterocycles. The average Bonchev–Trinajstić information content (AvgIpc) is 2.53. The van der Waals surface area contributed by atoms with Gasteiger partial charge in [0.15, 0.2) is 11.9 Å². The predicted molar refractivity (Wildman–Crippen MR) is 58.2 cm³/mol. The first-order valence-electron chi connectivity index (χ1n) is 5.77. The standard InChI is InChI=1S/C11H20O6/c1-3-4-5-15-6-11(17-8(2)12)7-16-10(14)9(11)13/h9-10,13-14H,3-7H2,1-2H3/t9?,10-,11+/m1/s1. The summed E-state index contributed by atoms with van der Waals surface area (Å²) in [4.78, 5) is 11.0. The molecule has 0 aromatic heterocycles. The van der Waals surface area contributed by atoms with Gasteiger partial charge in [-0.15, -0.1) is 0 Å². The van der Waals surface area contributed by atoms with Crippen LogP contribution in [0.3, 0.4) is 0 Å². The van der Waals surface area contributed by atoms with E-state index in [1.54, 1.807) is 0 Å². The molecule has 0 saturated carbocycles. The van der Waals surface area contributed by atoms with Gasteiger partial charge >= 0.3 is 5.97 Å². The number of hydrogen-bond donors (Lipinski definition) is 2. The van der Waals surface area contributed by atoms with Gasteiger partial charge in [0.05, 0.1) is 13.2 Å². The number of esters is 1. The second-order valence-corrected chi connectivity index (χ2v) is 4.21. The first-order valence-corrected chi connectivity index (χ1v) is 5.77. The Morgan fingerprint density at radius 3 is 2.71 bits per heavy atom. The van der Waals surface area contributed by atoms with Crippen LogP contribution in [0.1, 0.15) is 26.7 Å². The number of hydrogen-bond acceptors (Lipinski definition) is 6. The fourth-order valence-electron chi connectivity index (χ4n) is 1.69. The normalized spacial score (nSPS) is 32.7. The van der Waals surface area contributed by atoms with E-state index in [1.165, 1.54) is 6.92 Å². The van der Waals surface area contributed by atoms with Crippen LogP contribution >= 0.6 is 0 Å². The molecule has 1 unspecified atom stereocenters. The minimum absolute atomic E-state index is 0.0187. The first kappa shape index (κ1) is 14.4. The van der Waals surface area contributed by atoms with Crippen LogP contribution < -0.4 is 0 Å². The van der Waals surface area contributed by atoms with Crippen LogP contribution in [0.5, 0.6) is 0 Å². The summed E-state index contributed by atoms with van der Waals surface area (Å²) in [5.41, 5.74) is -1.29. The van der Waals surface area contributed by atoms with Crippen LogP contribution in [0.15, 0.2) is 0 Å². The van der Waals surface area contributed by atoms with Gasteiger partial charge in [-0.1, -0.05) is 13.3 Å². The van der Waals surface area contributed by atoms with Crippen molar-refractivity contribution in [1.29, 1.82) is 0 Å². The van der Waals surface area contributed by atoms with Gasteiger partial charge in [0.25, 0.3) is 0 Å². The van der Waals surface area contributed by atoms with Crippen molar-refractivity contribution in [3.63, 3.8) is 0 Å². The van der Waals surface area contributed by atoms with Crippen LogP contribution in [-0.2, 0) is 19.0 Å². The molecule has 6 nitrogen and oxygen atoms in total. The largest absolute Gasteiger partial charge is 0.451 e. The first-order chi connectivity index (χ1) is 8.02. The van der Waals surface area contributed by atoms with E-state index in [4.69, 9.17) is 14.2 Å². The van der Waals surface area contributed by atoms with Crippen molar-refractivity contribution in [1.82, 2.24) is 0 Å². The molecule has 1 fully saturated rings. The van der Waals surface area contributed by atoms with Crippen LogP contribution in [0, 0.1) is 0 Å². The van der Waals surface area contributed by atoms with Gasteiger partial charge in [0.2, 0.25) is 0 Å². The smallest absolute Gasteiger partial charge is 0.303 e. The Labute approximate surface area is 100 Å². The molecule has 0 aromatic rings. The maximum absolute atomic E-state index is 11.0. The Bertz CT molecular complexity index is 256. The second-order valence-electron chi connectivity index (χ2n) is 4.21. The third kappa shape index (κ3) is 3.64. The number of carbonyl (C=O) groups excluding carboxylic acids is 1. The second kappa shape index (κ2) is 6.30. The van der Waals surface area contributed by atoms with Gasteiger partial charge in [0.1, 0.15) is 6.10 Å². The van der Waals surface area contributed by atoms with E-state index in [2.05, 4.69) is 0 Å². The van der Waals surface area contributed by atoms with Crippen molar-refractivity contribution >= 4 is 5.97 Å². The lowest BCUT2D eigenvalue weighted by atomic mass is 10.0. The van der Waals surface area contributed by atoms with E-state index >= 15 is 0 Å². The number of ether oxygens (including phenoxy) is 3. The van der Waals surface area contributed by atoms with Gasteiger partial charge in [-0.3, -0.25) is 4.79 Å². The van der Waals surface area contributed by atoms with E-state index in [-0.39, 0.29) is 13.2 Å². The Morgan fingerprint density at radius 1 is 1.53 bits per heavy atom. The lowest BCUT2D eigenvalue weighted by Crippen LogP contribution is -2.51. The van der Waals surface area contributed by atoms with Gasteiger partial charge < -0.3 is 24.4 Å². The molecule has 1 rings (SSSR count). The molecule has 3 atom stereocenters. The minimum Gasteiger partial charge on any atom is -0.451 e. The van der Waals surface area contributed by atoms with Gasteiger partial charge in [0, 0.05) is 13.5 Å². The van der Waals surface area contributed by atoms with E-state index in [0.717, 1.165) is 12.8 Å². The lowest BCUT2D eigenvalue weighted by molar-refractivity contribution is -0.180. The highest BCUT2D eigenvalue weighted by Gasteiger charge is 2.52. The summed E-state index contributed by atoms with van der Waals surface area (Å²) in [6.45, 7) is 3.74. The highest BCUT2D eigenvalue weighted by Crippen LogP contribution is 2.28. The summed E-state index contributed by atoms with van der Waals surface area (Å²) in [7, 11) is 0. The van der Waals surface area contributed by atoms with Crippen molar-refractivity contribution in [2.24, 2.45) is 0 Å². The Kier molecular flexibility index (Phi) is 5.32. The zero-order valence-corrected chi connectivity index (χ0v) is 10.2. The molecule has 0 aromatic carbocycles. The number of aliphatic hydroxyl groups is 2. The summed E-state index contributed by atoms with van der Waals surface area (Å²) >= 11 is 0. The average molecular weight is 248 g/mol. The molecule has 6 heteroatoms. The lowest BCUT2D eigenvalue weighted by Gasteiger charge is -2.30. The molecule has 0 aliphatic carbocycles. The maximum atomic E-state index is 11.0. The van der Waals surface area contributed by atoms with E-state index < -0.39 is 24.0 Å². The van der Waals surface area contributed by atoms with Crippen molar-refractivity contribution in [3.05, 3.63) is 0 Å². The van der Waals surface area contributed by atoms with Crippen LogP contribution in [0.2, 0.25) is 0 Å². The quantitative estimate of drug-likeness (QED) is 0.501. The fourth-order valence-corrected chi connectivity index (χ4v) is 1.69. The third-order valence-corrected chi connectivity index (χ3v) is 2.64. The van der Waals surface area contributed by atoms with Crippen molar-refractivity contribution in [2.45, 2.75) is 44.7 Å².